The highest BCUT2D eigenvalue weighted by Gasteiger charge is 2.21. The summed E-state index contributed by atoms with van der Waals surface area (Å²) in [7, 11) is 0. The lowest BCUT2D eigenvalue weighted by atomic mass is 9.96. The number of urea groups is 1. The molecule has 0 aliphatic heterocycles. The van der Waals surface area contributed by atoms with Crippen molar-refractivity contribution >= 4 is 11.9 Å². The number of rotatable bonds is 1. The van der Waals surface area contributed by atoms with Gasteiger partial charge in [0.1, 0.15) is 0 Å². The van der Waals surface area contributed by atoms with Crippen LogP contribution in [0.4, 0.5) is 4.79 Å². The van der Waals surface area contributed by atoms with E-state index in [0.717, 1.165) is 0 Å². The highest BCUT2D eigenvalue weighted by Crippen LogP contribution is 2.11. The zero-order chi connectivity index (χ0) is 11.4. The summed E-state index contributed by atoms with van der Waals surface area (Å²) in [5.74, 6) is -0.226. The summed E-state index contributed by atoms with van der Waals surface area (Å²) >= 11 is 0. The molecule has 82 valence electrons. The first-order chi connectivity index (χ1) is 6.23. The molecule has 5 nitrogen and oxygen atoms in total. The minimum Gasteiger partial charge on any atom is -0.335 e. The summed E-state index contributed by atoms with van der Waals surface area (Å²) in [6.45, 7) is 8.98. The van der Waals surface area contributed by atoms with Crippen molar-refractivity contribution in [1.29, 1.82) is 0 Å². The molecule has 0 aliphatic rings. The molecule has 0 aliphatic carbocycles. The zero-order valence-electron chi connectivity index (χ0n) is 9.39. The molecule has 0 bridgehead atoms. The van der Waals surface area contributed by atoms with Gasteiger partial charge in [-0.25, -0.2) is 10.2 Å². The minimum absolute atomic E-state index is 0.0431. The quantitative estimate of drug-likeness (QED) is 0.548. The Morgan fingerprint density at radius 3 is 1.93 bits per heavy atom. The first-order valence-corrected chi connectivity index (χ1v) is 4.60. The Balaban J connectivity index is 3.84. The van der Waals surface area contributed by atoms with Gasteiger partial charge in [0.05, 0.1) is 0 Å². The van der Waals surface area contributed by atoms with E-state index in [1.807, 2.05) is 13.8 Å². The fourth-order valence-electron chi connectivity index (χ4n) is 0.599. The summed E-state index contributed by atoms with van der Waals surface area (Å²) < 4.78 is 0. The van der Waals surface area contributed by atoms with Crippen LogP contribution < -0.4 is 16.2 Å². The molecule has 0 rings (SSSR count). The molecule has 0 atom stereocenters. The third-order valence-corrected chi connectivity index (χ3v) is 1.39. The van der Waals surface area contributed by atoms with Crippen LogP contribution in [0.15, 0.2) is 0 Å². The van der Waals surface area contributed by atoms with E-state index in [-0.39, 0.29) is 11.9 Å². The molecule has 0 fully saturated rings. The Labute approximate surface area is 84.6 Å². The van der Waals surface area contributed by atoms with Crippen molar-refractivity contribution in [1.82, 2.24) is 16.2 Å². The molecule has 0 saturated heterocycles. The van der Waals surface area contributed by atoms with Crippen molar-refractivity contribution in [3.05, 3.63) is 0 Å². The predicted octanol–water partition coefficient (Wildman–Crippen LogP) is 0.771. The second-order valence-electron chi connectivity index (χ2n) is 4.46. The molecule has 0 aromatic heterocycles. The van der Waals surface area contributed by atoms with E-state index in [1.165, 1.54) is 0 Å². The number of amides is 3. The van der Waals surface area contributed by atoms with Gasteiger partial charge in [-0.1, -0.05) is 20.8 Å². The Kier molecular flexibility index (Phi) is 4.40. The minimum atomic E-state index is -0.509. The summed E-state index contributed by atoms with van der Waals surface area (Å²) in [5, 5.41) is 2.58. The molecule has 0 aromatic carbocycles. The summed E-state index contributed by atoms with van der Waals surface area (Å²) in [6.07, 6.45) is 0. The molecule has 3 amide bonds. The molecule has 0 spiro atoms. The molecule has 0 heterocycles. The fourth-order valence-corrected chi connectivity index (χ4v) is 0.599. The number of carbonyl (C=O) groups excluding carboxylic acids is 2. The third kappa shape index (κ3) is 5.40. The average molecular weight is 201 g/mol. The zero-order valence-corrected chi connectivity index (χ0v) is 9.39. The van der Waals surface area contributed by atoms with Crippen LogP contribution in [0.3, 0.4) is 0 Å². The van der Waals surface area contributed by atoms with E-state index in [0.29, 0.717) is 0 Å². The second-order valence-corrected chi connectivity index (χ2v) is 4.46. The number of hydrazine groups is 1. The lowest BCUT2D eigenvalue weighted by Crippen LogP contribution is -2.51. The third-order valence-electron chi connectivity index (χ3n) is 1.39. The van der Waals surface area contributed by atoms with Gasteiger partial charge in [0.15, 0.2) is 0 Å². The highest BCUT2D eigenvalue weighted by molar-refractivity contribution is 5.84. The van der Waals surface area contributed by atoms with Crippen molar-refractivity contribution in [3.8, 4) is 0 Å². The van der Waals surface area contributed by atoms with E-state index in [2.05, 4.69) is 16.2 Å². The summed E-state index contributed by atoms with van der Waals surface area (Å²) in [5.41, 5.74) is 4.09. The maximum absolute atomic E-state index is 11.3. The van der Waals surface area contributed by atoms with Crippen LogP contribution >= 0.6 is 0 Å². The Morgan fingerprint density at radius 2 is 1.57 bits per heavy atom. The van der Waals surface area contributed by atoms with Crippen LogP contribution in [0.2, 0.25) is 0 Å². The molecule has 0 aromatic rings. The smallest absolute Gasteiger partial charge is 0.333 e. The summed E-state index contributed by atoms with van der Waals surface area (Å²) in [6, 6.07) is -0.362. The van der Waals surface area contributed by atoms with Gasteiger partial charge >= 0.3 is 6.03 Å². The van der Waals surface area contributed by atoms with E-state index in [9.17, 15) is 9.59 Å². The monoisotopic (exact) mass is 201 g/mol. The van der Waals surface area contributed by atoms with Crippen molar-refractivity contribution in [2.75, 3.05) is 0 Å². The van der Waals surface area contributed by atoms with Crippen LogP contribution in [0.1, 0.15) is 34.6 Å². The van der Waals surface area contributed by atoms with Gasteiger partial charge in [0.25, 0.3) is 0 Å². The maximum atomic E-state index is 11.3. The Bertz CT molecular complexity index is 219. The van der Waals surface area contributed by atoms with Crippen molar-refractivity contribution < 1.29 is 9.59 Å². The van der Waals surface area contributed by atoms with Crippen molar-refractivity contribution in [2.24, 2.45) is 5.41 Å². The van der Waals surface area contributed by atoms with E-state index in [4.69, 9.17) is 0 Å². The summed E-state index contributed by atoms with van der Waals surface area (Å²) in [4.78, 5) is 22.3. The molecule has 0 radical (unpaired) electrons. The lowest BCUT2D eigenvalue weighted by molar-refractivity contribution is -0.129. The van der Waals surface area contributed by atoms with Crippen molar-refractivity contribution in [2.45, 2.75) is 40.7 Å². The normalized spacial score (nSPS) is 11.0. The number of hydrogen-bond acceptors (Lipinski definition) is 2. The first-order valence-electron chi connectivity index (χ1n) is 4.60. The van der Waals surface area contributed by atoms with Gasteiger partial charge in [-0.05, 0) is 13.8 Å². The average Bonchev–Trinajstić information content (AvgIpc) is 1.96. The van der Waals surface area contributed by atoms with Crippen LogP contribution in [-0.4, -0.2) is 18.0 Å². The SMILES string of the molecule is CC(C)NC(=O)NNC(=O)C(C)(C)C. The molecule has 3 N–H and O–H groups in total. The van der Waals surface area contributed by atoms with E-state index >= 15 is 0 Å². The van der Waals surface area contributed by atoms with Crippen LogP contribution in [0, 0.1) is 5.41 Å². The van der Waals surface area contributed by atoms with Gasteiger partial charge in [-0.3, -0.25) is 10.2 Å². The largest absolute Gasteiger partial charge is 0.335 e. The Morgan fingerprint density at radius 1 is 1.07 bits per heavy atom. The van der Waals surface area contributed by atoms with Crippen LogP contribution in [-0.2, 0) is 4.79 Å². The molecule has 14 heavy (non-hydrogen) atoms. The fraction of sp³-hybridized carbons (Fsp3) is 0.778. The predicted molar refractivity (Wildman–Crippen MR) is 54.4 cm³/mol. The van der Waals surface area contributed by atoms with Crippen LogP contribution in [0.25, 0.3) is 0 Å². The second kappa shape index (κ2) is 4.83. The van der Waals surface area contributed by atoms with Gasteiger partial charge in [-0.2, -0.15) is 0 Å². The van der Waals surface area contributed by atoms with Gasteiger partial charge < -0.3 is 5.32 Å². The standard InChI is InChI=1S/C9H19N3O2/c1-6(2)10-8(14)12-11-7(13)9(3,4)5/h6H,1-5H3,(H,11,13)(H2,10,12,14). The number of nitrogens with one attached hydrogen (secondary N) is 3. The molecule has 0 unspecified atom stereocenters. The molecular formula is C9H19N3O2. The molecule has 5 heteroatoms. The van der Waals surface area contributed by atoms with Gasteiger partial charge in [0, 0.05) is 11.5 Å². The van der Waals surface area contributed by atoms with E-state index < -0.39 is 11.4 Å². The van der Waals surface area contributed by atoms with Crippen molar-refractivity contribution in [3.63, 3.8) is 0 Å². The maximum Gasteiger partial charge on any atom is 0.333 e. The molecule has 0 saturated carbocycles. The number of hydrogen-bond donors (Lipinski definition) is 3. The van der Waals surface area contributed by atoms with Gasteiger partial charge in [0.2, 0.25) is 5.91 Å². The van der Waals surface area contributed by atoms with Crippen LogP contribution in [0.5, 0.6) is 0 Å². The topological polar surface area (TPSA) is 70.2 Å². The number of carbonyl (C=O) groups is 2. The van der Waals surface area contributed by atoms with E-state index in [1.54, 1.807) is 20.8 Å². The highest BCUT2D eigenvalue weighted by atomic mass is 16.2. The molecular weight excluding hydrogens is 182 g/mol. The Hall–Kier alpha value is -1.26. The lowest BCUT2D eigenvalue weighted by Gasteiger charge is -2.18. The van der Waals surface area contributed by atoms with Gasteiger partial charge in [-0.15, -0.1) is 0 Å². The first kappa shape index (κ1) is 12.7.